The van der Waals surface area contributed by atoms with E-state index in [1.165, 1.54) is 141 Å². The molecule has 244 valence electrons. The first-order valence-corrected chi connectivity index (χ1v) is 18.1. The fraction of sp³-hybridized carbons (Fsp3) is 0.944. The highest BCUT2D eigenvalue weighted by molar-refractivity contribution is 5.69. The van der Waals surface area contributed by atoms with Crippen LogP contribution in [0, 0.1) is 0 Å². The minimum Gasteiger partial charge on any atom is -0.463 e. The van der Waals surface area contributed by atoms with Crippen LogP contribution in [0.3, 0.4) is 0 Å². The number of esters is 2. The van der Waals surface area contributed by atoms with Gasteiger partial charge in [0.25, 0.3) is 0 Å². The first-order chi connectivity index (χ1) is 20.1. The second-order valence-electron chi connectivity index (χ2n) is 12.4. The number of rotatable bonds is 33. The molecule has 0 spiro atoms. The van der Waals surface area contributed by atoms with Crippen LogP contribution < -0.4 is 0 Å². The number of unbranched alkanes of at least 4 members (excludes halogenated alkanes) is 25. The van der Waals surface area contributed by atoms with Crippen LogP contribution in [-0.4, -0.2) is 36.4 Å². The van der Waals surface area contributed by atoms with Gasteiger partial charge in [0.05, 0.1) is 0 Å². The molecule has 0 heterocycles. The van der Waals surface area contributed by atoms with Crippen LogP contribution in [0.1, 0.15) is 200 Å². The first-order valence-electron chi connectivity index (χ1n) is 18.1. The molecule has 0 rings (SSSR count). The lowest BCUT2D eigenvalue weighted by Gasteiger charge is -2.12. The van der Waals surface area contributed by atoms with E-state index >= 15 is 0 Å². The van der Waals surface area contributed by atoms with Crippen LogP contribution >= 0.6 is 0 Å². The number of carbonyl (C=O) groups is 2. The Morgan fingerprint density at radius 1 is 0.415 bits per heavy atom. The smallest absolute Gasteiger partial charge is 0.305 e. The highest BCUT2D eigenvalue weighted by Crippen LogP contribution is 2.15. The molecule has 0 saturated heterocycles. The van der Waals surface area contributed by atoms with Crippen molar-refractivity contribution in [1.82, 2.24) is 0 Å². The molecule has 0 aliphatic heterocycles. The molecule has 0 aliphatic carbocycles. The summed E-state index contributed by atoms with van der Waals surface area (Å²) < 4.78 is 10.3. The van der Waals surface area contributed by atoms with Crippen molar-refractivity contribution in [1.29, 1.82) is 0 Å². The van der Waals surface area contributed by atoms with Crippen molar-refractivity contribution in [3.05, 3.63) is 0 Å². The molecule has 0 unspecified atom stereocenters. The summed E-state index contributed by atoms with van der Waals surface area (Å²) in [6.07, 6.45) is 34.4. The van der Waals surface area contributed by atoms with Gasteiger partial charge in [0.15, 0.2) is 0 Å². The van der Waals surface area contributed by atoms with E-state index in [-0.39, 0.29) is 25.2 Å². The molecule has 0 amide bonds. The predicted molar refractivity (Wildman–Crippen MR) is 173 cm³/mol. The zero-order chi connectivity index (χ0) is 30.1. The number of aliphatic hydroxyl groups is 1. The summed E-state index contributed by atoms with van der Waals surface area (Å²) in [7, 11) is 0. The van der Waals surface area contributed by atoms with Gasteiger partial charge in [-0.05, 0) is 12.8 Å². The monoisotopic (exact) mass is 583 g/mol. The van der Waals surface area contributed by atoms with Crippen LogP contribution in [0.4, 0.5) is 0 Å². The van der Waals surface area contributed by atoms with E-state index in [2.05, 4.69) is 13.8 Å². The van der Waals surface area contributed by atoms with Gasteiger partial charge in [-0.3, -0.25) is 9.59 Å². The summed E-state index contributed by atoms with van der Waals surface area (Å²) in [5, 5.41) is 9.95. The van der Waals surface area contributed by atoms with Crippen molar-refractivity contribution in [3.63, 3.8) is 0 Å². The molecule has 0 aromatic heterocycles. The van der Waals surface area contributed by atoms with Gasteiger partial charge >= 0.3 is 11.9 Å². The zero-order valence-electron chi connectivity index (χ0n) is 27.6. The van der Waals surface area contributed by atoms with Crippen molar-refractivity contribution < 1.29 is 24.2 Å². The van der Waals surface area contributed by atoms with Gasteiger partial charge in [0.2, 0.25) is 0 Å². The molecule has 41 heavy (non-hydrogen) atoms. The summed E-state index contributed by atoms with van der Waals surface area (Å²) in [4.78, 5) is 23.8. The first kappa shape index (κ1) is 39.9. The standard InChI is InChI=1S/C36H70O5/c1-3-5-7-9-11-13-14-15-16-17-18-19-20-21-23-25-27-29-31-36(39)41-33-34(37)32-40-35(38)30-28-26-24-22-12-10-8-6-4-2/h34,37H,3-33H2,1-2H3/t34-/m1/s1. The third kappa shape index (κ3) is 33.3. The Morgan fingerprint density at radius 3 is 0.878 bits per heavy atom. The molecular weight excluding hydrogens is 512 g/mol. The highest BCUT2D eigenvalue weighted by Gasteiger charge is 2.12. The third-order valence-corrected chi connectivity index (χ3v) is 8.09. The largest absolute Gasteiger partial charge is 0.463 e. The summed E-state index contributed by atoms with van der Waals surface area (Å²) >= 11 is 0. The molecule has 0 saturated carbocycles. The molecular formula is C36H70O5. The minimum absolute atomic E-state index is 0.108. The third-order valence-electron chi connectivity index (χ3n) is 8.09. The van der Waals surface area contributed by atoms with E-state index < -0.39 is 6.10 Å². The summed E-state index contributed by atoms with van der Waals surface area (Å²) in [6.45, 7) is 4.29. The second-order valence-corrected chi connectivity index (χ2v) is 12.4. The van der Waals surface area contributed by atoms with Gasteiger partial charge in [-0.25, -0.2) is 0 Å². The Labute approximate surface area is 255 Å². The molecule has 0 aromatic carbocycles. The van der Waals surface area contributed by atoms with Crippen LogP contribution in [0.5, 0.6) is 0 Å². The molecule has 0 bridgehead atoms. The van der Waals surface area contributed by atoms with Gasteiger partial charge in [-0.1, -0.05) is 174 Å². The Bertz CT molecular complexity index is 550. The number of aliphatic hydroxyl groups excluding tert-OH is 1. The van der Waals surface area contributed by atoms with E-state index in [9.17, 15) is 14.7 Å². The Morgan fingerprint density at radius 2 is 0.634 bits per heavy atom. The molecule has 0 aromatic rings. The maximum atomic E-state index is 11.9. The topological polar surface area (TPSA) is 72.8 Å². The fourth-order valence-corrected chi connectivity index (χ4v) is 5.32. The lowest BCUT2D eigenvalue weighted by Crippen LogP contribution is -2.25. The SMILES string of the molecule is CCCCCCCCCCCCCCCCCCCCC(=O)OC[C@H](O)COC(=O)CCCCCCCCCCC. The molecule has 0 aliphatic rings. The van der Waals surface area contributed by atoms with E-state index in [0.29, 0.717) is 12.8 Å². The van der Waals surface area contributed by atoms with Gasteiger partial charge < -0.3 is 14.6 Å². The highest BCUT2D eigenvalue weighted by atomic mass is 16.6. The summed E-state index contributed by atoms with van der Waals surface area (Å²) in [6, 6.07) is 0. The van der Waals surface area contributed by atoms with Crippen LogP contribution in [-0.2, 0) is 19.1 Å². The van der Waals surface area contributed by atoms with Gasteiger partial charge in [-0.15, -0.1) is 0 Å². The van der Waals surface area contributed by atoms with Crippen LogP contribution in [0.2, 0.25) is 0 Å². The van der Waals surface area contributed by atoms with E-state index in [1.54, 1.807) is 0 Å². The van der Waals surface area contributed by atoms with Crippen molar-refractivity contribution in [2.75, 3.05) is 13.2 Å². The quantitative estimate of drug-likeness (QED) is 0.0615. The number of hydrogen-bond acceptors (Lipinski definition) is 5. The van der Waals surface area contributed by atoms with E-state index in [1.807, 2.05) is 0 Å². The molecule has 5 heteroatoms. The summed E-state index contributed by atoms with van der Waals surface area (Å²) in [5.74, 6) is -0.557. The Balaban J connectivity index is 3.36. The second kappa shape index (κ2) is 33.4. The average Bonchev–Trinajstić information content (AvgIpc) is 2.97. The average molecular weight is 583 g/mol. The van der Waals surface area contributed by atoms with E-state index in [0.717, 1.165) is 32.1 Å². The van der Waals surface area contributed by atoms with Crippen molar-refractivity contribution in [3.8, 4) is 0 Å². The molecule has 5 nitrogen and oxygen atoms in total. The lowest BCUT2D eigenvalue weighted by atomic mass is 10.0. The summed E-state index contributed by atoms with van der Waals surface area (Å²) in [5.41, 5.74) is 0. The zero-order valence-corrected chi connectivity index (χ0v) is 27.6. The van der Waals surface area contributed by atoms with Gasteiger partial charge in [0.1, 0.15) is 19.3 Å². The molecule has 1 N–H and O–H groups in total. The maximum absolute atomic E-state index is 11.9. The fourth-order valence-electron chi connectivity index (χ4n) is 5.32. The van der Waals surface area contributed by atoms with Crippen molar-refractivity contribution >= 4 is 11.9 Å². The number of ether oxygens (including phenoxy) is 2. The normalized spacial score (nSPS) is 12.0. The molecule has 0 radical (unpaired) electrons. The van der Waals surface area contributed by atoms with Crippen molar-refractivity contribution in [2.45, 2.75) is 206 Å². The Kier molecular flexibility index (Phi) is 32.5. The number of carbonyl (C=O) groups excluding carboxylic acids is 2. The minimum atomic E-state index is -0.952. The van der Waals surface area contributed by atoms with Crippen molar-refractivity contribution in [2.24, 2.45) is 0 Å². The van der Waals surface area contributed by atoms with E-state index in [4.69, 9.17) is 9.47 Å². The van der Waals surface area contributed by atoms with Gasteiger partial charge in [0, 0.05) is 12.8 Å². The number of hydrogen-bond donors (Lipinski definition) is 1. The lowest BCUT2D eigenvalue weighted by molar-refractivity contribution is -0.152. The Hall–Kier alpha value is -1.10. The van der Waals surface area contributed by atoms with Crippen LogP contribution in [0.15, 0.2) is 0 Å². The van der Waals surface area contributed by atoms with Crippen LogP contribution in [0.25, 0.3) is 0 Å². The molecule has 0 fully saturated rings. The van der Waals surface area contributed by atoms with Gasteiger partial charge in [-0.2, -0.15) is 0 Å². The predicted octanol–water partition coefficient (Wildman–Crippen LogP) is 10.8. The maximum Gasteiger partial charge on any atom is 0.305 e. The molecule has 1 atom stereocenters.